The largest absolute Gasteiger partial charge is 0.478 e. The summed E-state index contributed by atoms with van der Waals surface area (Å²) in [6, 6.07) is 9.80. The lowest BCUT2D eigenvalue weighted by atomic mass is 9.94. The molecule has 0 bridgehead atoms. The molecule has 1 aliphatic heterocycles. The summed E-state index contributed by atoms with van der Waals surface area (Å²) in [7, 11) is -4.04. The highest BCUT2D eigenvalue weighted by Gasteiger charge is 2.27. The predicted octanol–water partition coefficient (Wildman–Crippen LogP) is 3.78. The van der Waals surface area contributed by atoms with E-state index in [2.05, 4.69) is 9.62 Å². The summed E-state index contributed by atoms with van der Waals surface area (Å²) < 4.78 is 40.9. The van der Waals surface area contributed by atoms with Gasteiger partial charge in [-0.25, -0.2) is 17.6 Å². The van der Waals surface area contributed by atoms with Crippen LogP contribution < -0.4 is 9.62 Å². The number of nitrogens with one attached hydrogen (secondary N) is 1. The first-order valence-electron chi connectivity index (χ1n) is 11.0. The van der Waals surface area contributed by atoms with Crippen LogP contribution in [0.2, 0.25) is 0 Å². The van der Waals surface area contributed by atoms with Gasteiger partial charge >= 0.3 is 5.97 Å². The van der Waals surface area contributed by atoms with Crippen LogP contribution >= 0.6 is 0 Å². The fourth-order valence-electron chi connectivity index (χ4n) is 4.67. The Labute approximate surface area is 187 Å². The highest BCUT2D eigenvalue weighted by molar-refractivity contribution is 7.92. The molecular weight excluding hydrogens is 433 g/mol. The molecule has 0 amide bonds. The Hall–Kier alpha value is -2.65. The number of nitrogens with zero attached hydrogens (tertiary/aromatic N) is 2. The second kappa shape index (κ2) is 9.46. The molecule has 0 atom stereocenters. The van der Waals surface area contributed by atoms with Crippen molar-refractivity contribution in [2.75, 3.05) is 35.8 Å². The average molecular weight is 462 g/mol. The van der Waals surface area contributed by atoms with Gasteiger partial charge in [-0.1, -0.05) is 25.3 Å². The Balaban J connectivity index is 1.49. The molecule has 9 heteroatoms. The zero-order chi connectivity index (χ0) is 22.7. The molecule has 2 aliphatic rings. The van der Waals surface area contributed by atoms with Gasteiger partial charge in [0, 0.05) is 37.9 Å². The van der Waals surface area contributed by atoms with E-state index in [0.717, 1.165) is 38.3 Å². The summed E-state index contributed by atoms with van der Waals surface area (Å²) in [5.41, 5.74) is 0.737. The van der Waals surface area contributed by atoms with E-state index in [4.69, 9.17) is 0 Å². The number of piperazine rings is 1. The van der Waals surface area contributed by atoms with Crippen molar-refractivity contribution in [2.24, 2.45) is 0 Å². The van der Waals surface area contributed by atoms with Crippen LogP contribution in [-0.2, 0) is 10.0 Å². The topological polar surface area (TPSA) is 89.9 Å². The summed E-state index contributed by atoms with van der Waals surface area (Å²) in [6.45, 7) is 3.23. The molecule has 1 aliphatic carbocycles. The van der Waals surface area contributed by atoms with Gasteiger partial charge in [-0.05, 0) is 49.2 Å². The van der Waals surface area contributed by atoms with Crippen LogP contribution in [0.4, 0.5) is 15.8 Å². The van der Waals surface area contributed by atoms with Crippen LogP contribution in [0.1, 0.15) is 42.5 Å². The normalized spacial score (nSPS) is 18.5. The third kappa shape index (κ3) is 5.05. The third-order valence-corrected chi connectivity index (χ3v) is 7.71. The van der Waals surface area contributed by atoms with Gasteiger partial charge in [-0.15, -0.1) is 0 Å². The first-order valence-corrected chi connectivity index (χ1v) is 12.5. The van der Waals surface area contributed by atoms with Gasteiger partial charge in [0.2, 0.25) is 0 Å². The fourth-order valence-corrected chi connectivity index (χ4v) is 5.75. The van der Waals surface area contributed by atoms with Gasteiger partial charge < -0.3 is 10.0 Å². The summed E-state index contributed by atoms with van der Waals surface area (Å²) in [6.07, 6.45) is 6.34. The highest BCUT2D eigenvalue weighted by Crippen LogP contribution is 2.29. The number of anilines is 2. The monoisotopic (exact) mass is 461 g/mol. The minimum atomic E-state index is -4.04. The van der Waals surface area contributed by atoms with Crippen LogP contribution in [0.5, 0.6) is 0 Å². The molecule has 2 aromatic carbocycles. The number of carboxylic acid groups (broad SMARTS) is 1. The number of hydrogen-bond donors (Lipinski definition) is 2. The second-order valence-electron chi connectivity index (χ2n) is 8.41. The molecule has 2 aromatic rings. The smallest absolute Gasteiger partial charge is 0.337 e. The zero-order valence-electron chi connectivity index (χ0n) is 17.8. The van der Waals surface area contributed by atoms with E-state index in [0.29, 0.717) is 11.7 Å². The lowest BCUT2D eigenvalue weighted by Crippen LogP contribution is -2.51. The number of carboxylic acids is 1. The average Bonchev–Trinajstić information content (AvgIpc) is 2.79. The maximum absolute atomic E-state index is 13.4. The van der Waals surface area contributed by atoms with Crippen molar-refractivity contribution in [1.29, 1.82) is 0 Å². The molecule has 2 fully saturated rings. The molecule has 2 N–H and O–H groups in total. The lowest BCUT2D eigenvalue weighted by molar-refractivity contribution is 0.0697. The standard InChI is InChI=1S/C23H28FN3O4S/c24-17-5-4-8-20(15-17)32(30,31)25-18-9-10-22(21(16-18)23(28)29)27-13-11-26(12-14-27)19-6-2-1-3-7-19/h4-5,8-10,15-16,19,25H,1-3,6-7,11-14H2,(H,28,29). The van der Waals surface area contributed by atoms with Crippen LogP contribution in [0, 0.1) is 5.82 Å². The number of hydrogen-bond acceptors (Lipinski definition) is 5. The molecule has 0 spiro atoms. The minimum Gasteiger partial charge on any atom is -0.478 e. The van der Waals surface area contributed by atoms with E-state index in [1.807, 2.05) is 4.90 Å². The SMILES string of the molecule is O=C(O)c1cc(NS(=O)(=O)c2cccc(F)c2)ccc1N1CCN(C2CCCCC2)CC1. The maximum Gasteiger partial charge on any atom is 0.337 e. The molecule has 0 radical (unpaired) electrons. The maximum atomic E-state index is 13.4. The van der Waals surface area contributed by atoms with Crippen molar-refractivity contribution in [3.8, 4) is 0 Å². The Morgan fingerprint density at radius 3 is 2.38 bits per heavy atom. The predicted molar refractivity (Wildman–Crippen MR) is 121 cm³/mol. The molecule has 7 nitrogen and oxygen atoms in total. The van der Waals surface area contributed by atoms with Gasteiger partial charge in [0.1, 0.15) is 5.82 Å². The number of rotatable bonds is 6. The molecule has 1 heterocycles. The van der Waals surface area contributed by atoms with Crippen LogP contribution in [-0.4, -0.2) is 56.6 Å². The van der Waals surface area contributed by atoms with E-state index < -0.39 is 21.8 Å². The van der Waals surface area contributed by atoms with Crippen molar-refractivity contribution in [3.05, 3.63) is 53.8 Å². The summed E-state index contributed by atoms with van der Waals surface area (Å²) in [5.74, 6) is -1.79. The number of halogens is 1. The van der Waals surface area contributed by atoms with Crippen molar-refractivity contribution < 1.29 is 22.7 Å². The van der Waals surface area contributed by atoms with Gasteiger partial charge in [-0.3, -0.25) is 9.62 Å². The van der Waals surface area contributed by atoms with E-state index in [1.165, 1.54) is 50.3 Å². The molecule has 0 unspecified atom stereocenters. The first kappa shape index (κ1) is 22.5. The Morgan fingerprint density at radius 2 is 1.72 bits per heavy atom. The van der Waals surface area contributed by atoms with Gasteiger partial charge in [0.25, 0.3) is 10.0 Å². The first-order chi connectivity index (χ1) is 15.3. The third-order valence-electron chi connectivity index (χ3n) is 6.33. The summed E-state index contributed by atoms with van der Waals surface area (Å²) >= 11 is 0. The van der Waals surface area contributed by atoms with Gasteiger partial charge in [-0.2, -0.15) is 0 Å². The molecule has 1 saturated heterocycles. The Kier molecular flexibility index (Phi) is 6.66. The van der Waals surface area contributed by atoms with Crippen molar-refractivity contribution in [3.63, 3.8) is 0 Å². The molecule has 1 saturated carbocycles. The number of benzene rings is 2. The van der Waals surface area contributed by atoms with E-state index >= 15 is 0 Å². The van der Waals surface area contributed by atoms with Crippen molar-refractivity contribution >= 4 is 27.4 Å². The molecule has 0 aromatic heterocycles. The molecule has 4 rings (SSSR count). The second-order valence-corrected chi connectivity index (χ2v) is 10.1. The van der Waals surface area contributed by atoms with Crippen LogP contribution in [0.25, 0.3) is 0 Å². The quantitative estimate of drug-likeness (QED) is 0.681. The van der Waals surface area contributed by atoms with E-state index in [9.17, 15) is 22.7 Å². The minimum absolute atomic E-state index is 0.0376. The Morgan fingerprint density at radius 1 is 1.00 bits per heavy atom. The number of carbonyl (C=O) groups is 1. The lowest BCUT2D eigenvalue weighted by Gasteiger charge is -2.41. The van der Waals surface area contributed by atoms with Crippen LogP contribution in [0.15, 0.2) is 47.4 Å². The van der Waals surface area contributed by atoms with Gasteiger partial charge in [0.05, 0.1) is 16.1 Å². The molecule has 32 heavy (non-hydrogen) atoms. The van der Waals surface area contributed by atoms with E-state index in [1.54, 1.807) is 12.1 Å². The number of aromatic carboxylic acids is 1. The fraction of sp³-hybridized carbons (Fsp3) is 0.435. The van der Waals surface area contributed by atoms with Crippen molar-refractivity contribution in [2.45, 2.75) is 43.0 Å². The van der Waals surface area contributed by atoms with Crippen LogP contribution in [0.3, 0.4) is 0 Å². The van der Waals surface area contributed by atoms with Gasteiger partial charge in [0.15, 0.2) is 0 Å². The number of sulfonamides is 1. The highest BCUT2D eigenvalue weighted by atomic mass is 32.2. The Bertz CT molecular complexity index is 1080. The summed E-state index contributed by atoms with van der Waals surface area (Å²) in [5, 5.41) is 9.76. The summed E-state index contributed by atoms with van der Waals surface area (Å²) in [4.78, 5) is 16.3. The molecular formula is C23H28FN3O4S. The molecule has 172 valence electrons. The van der Waals surface area contributed by atoms with E-state index in [-0.39, 0.29) is 16.1 Å². The zero-order valence-corrected chi connectivity index (χ0v) is 18.7. The van der Waals surface area contributed by atoms with Crippen molar-refractivity contribution in [1.82, 2.24) is 4.90 Å².